The third kappa shape index (κ3) is 3.90. The van der Waals surface area contributed by atoms with E-state index in [1.54, 1.807) is 6.07 Å². The quantitative estimate of drug-likeness (QED) is 0.920. The molecule has 1 aliphatic rings. The summed E-state index contributed by atoms with van der Waals surface area (Å²) in [5.74, 6) is 0.300. The first-order chi connectivity index (χ1) is 9.45. The van der Waals surface area contributed by atoms with Crippen LogP contribution in [0, 0.1) is 13.8 Å². The molecule has 0 unspecified atom stereocenters. The summed E-state index contributed by atoms with van der Waals surface area (Å²) in [6.45, 7) is 6.66. The van der Waals surface area contributed by atoms with Crippen molar-refractivity contribution in [2.45, 2.75) is 40.0 Å². The highest BCUT2D eigenvalue weighted by molar-refractivity contribution is 5.41. The molecule has 1 fully saturated rings. The van der Waals surface area contributed by atoms with Crippen molar-refractivity contribution in [2.75, 3.05) is 19.6 Å². The van der Waals surface area contributed by atoms with Crippen molar-refractivity contribution in [1.29, 1.82) is 0 Å². The van der Waals surface area contributed by atoms with E-state index in [0.717, 1.165) is 36.3 Å². The predicted molar refractivity (Wildman–Crippen MR) is 75.3 cm³/mol. The number of nitrogens with zero attached hydrogens (tertiary/aromatic N) is 1. The van der Waals surface area contributed by atoms with Crippen LogP contribution in [0.5, 0.6) is 5.75 Å². The summed E-state index contributed by atoms with van der Waals surface area (Å²) >= 11 is 0. The highest BCUT2D eigenvalue weighted by Crippen LogP contribution is 2.26. The maximum atomic E-state index is 12.5. The van der Waals surface area contributed by atoms with Gasteiger partial charge in [-0.1, -0.05) is 6.07 Å². The molecule has 3 nitrogen and oxygen atoms in total. The highest BCUT2D eigenvalue weighted by atomic mass is 19.3. The van der Waals surface area contributed by atoms with Gasteiger partial charge in [-0.05, 0) is 38.0 Å². The Balaban J connectivity index is 2.18. The van der Waals surface area contributed by atoms with Gasteiger partial charge in [-0.2, -0.15) is 8.78 Å². The van der Waals surface area contributed by atoms with Crippen LogP contribution in [0.3, 0.4) is 0 Å². The lowest BCUT2D eigenvalue weighted by molar-refractivity contribution is -0.0508. The summed E-state index contributed by atoms with van der Waals surface area (Å²) in [5.41, 5.74) is 2.91. The van der Waals surface area contributed by atoms with E-state index in [1.807, 2.05) is 19.9 Å². The molecule has 0 radical (unpaired) electrons. The zero-order chi connectivity index (χ0) is 14.7. The lowest BCUT2D eigenvalue weighted by Crippen LogP contribution is -2.48. The summed E-state index contributed by atoms with van der Waals surface area (Å²) in [6.07, 6.45) is 0. The van der Waals surface area contributed by atoms with Crippen LogP contribution < -0.4 is 10.1 Å². The number of ether oxygens (including phenoxy) is 1. The Hall–Kier alpha value is -1.20. The van der Waals surface area contributed by atoms with Crippen LogP contribution in [0.2, 0.25) is 0 Å². The Labute approximate surface area is 118 Å². The van der Waals surface area contributed by atoms with E-state index in [2.05, 4.69) is 21.9 Å². The summed E-state index contributed by atoms with van der Waals surface area (Å²) in [6, 6.07) is 4.09. The van der Waals surface area contributed by atoms with Crippen molar-refractivity contribution < 1.29 is 13.5 Å². The molecular weight excluding hydrogens is 262 g/mol. The molecule has 0 saturated carbocycles. The SMILES string of the molecule is Cc1cc(CN2CCN[C@H](C)C2)c(OC(F)F)cc1C. The molecule has 20 heavy (non-hydrogen) atoms. The molecule has 0 aliphatic carbocycles. The topological polar surface area (TPSA) is 24.5 Å². The van der Waals surface area contributed by atoms with Gasteiger partial charge in [-0.25, -0.2) is 0 Å². The molecule has 0 aromatic heterocycles. The zero-order valence-corrected chi connectivity index (χ0v) is 12.2. The molecule has 1 heterocycles. The largest absolute Gasteiger partial charge is 0.434 e. The van der Waals surface area contributed by atoms with Gasteiger partial charge in [-0.15, -0.1) is 0 Å². The second kappa shape index (κ2) is 6.50. The van der Waals surface area contributed by atoms with Crippen LogP contribution in [-0.2, 0) is 6.54 Å². The number of aryl methyl sites for hydroxylation is 2. The normalized spacial score (nSPS) is 20.4. The van der Waals surface area contributed by atoms with E-state index >= 15 is 0 Å². The number of nitrogens with one attached hydrogen (secondary N) is 1. The molecule has 0 spiro atoms. The number of rotatable bonds is 4. The number of hydrogen-bond acceptors (Lipinski definition) is 3. The molecule has 1 aromatic carbocycles. The minimum absolute atomic E-state index is 0.300. The third-order valence-electron chi connectivity index (χ3n) is 3.74. The molecule has 0 bridgehead atoms. The van der Waals surface area contributed by atoms with Crippen LogP contribution in [-0.4, -0.2) is 37.2 Å². The average Bonchev–Trinajstić information content (AvgIpc) is 2.35. The van der Waals surface area contributed by atoms with Gasteiger partial charge < -0.3 is 10.1 Å². The molecule has 5 heteroatoms. The number of benzene rings is 1. The first-order valence-electron chi connectivity index (χ1n) is 6.96. The second-order valence-corrected chi connectivity index (χ2v) is 5.51. The van der Waals surface area contributed by atoms with E-state index < -0.39 is 6.61 Å². The van der Waals surface area contributed by atoms with Crippen LogP contribution in [0.25, 0.3) is 0 Å². The van der Waals surface area contributed by atoms with Crippen molar-refractivity contribution >= 4 is 0 Å². The fourth-order valence-corrected chi connectivity index (χ4v) is 2.58. The van der Waals surface area contributed by atoms with E-state index in [9.17, 15) is 8.78 Å². The smallest absolute Gasteiger partial charge is 0.387 e. The van der Waals surface area contributed by atoms with Gasteiger partial charge in [0, 0.05) is 37.8 Å². The van der Waals surface area contributed by atoms with Gasteiger partial charge in [0.2, 0.25) is 0 Å². The first-order valence-corrected chi connectivity index (χ1v) is 6.96. The number of hydrogen-bond donors (Lipinski definition) is 1. The maximum Gasteiger partial charge on any atom is 0.387 e. The number of piperazine rings is 1. The first kappa shape index (κ1) is 15.2. The van der Waals surface area contributed by atoms with E-state index in [0.29, 0.717) is 18.3 Å². The minimum Gasteiger partial charge on any atom is -0.434 e. The lowest BCUT2D eigenvalue weighted by atomic mass is 10.0. The van der Waals surface area contributed by atoms with Crippen LogP contribution in [0.1, 0.15) is 23.6 Å². The minimum atomic E-state index is -2.78. The van der Waals surface area contributed by atoms with Gasteiger partial charge in [0.15, 0.2) is 0 Å². The van der Waals surface area contributed by atoms with Gasteiger partial charge in [0.25, 0.3) is 0 Å². The fraction of sp³-hybridized carbons (Fsp3) is 0.600. The molecule has 0 amide bonds. The number of halogens is 2. The molecule has 112 valence electrons. The van der Waals surface area contributed by atoms with Gasteiger partial charge in [0.05, 0.1) is 0 Å². The predicted octanol–water partition coefficient (Wildman–Crippen LogP) is 2.70. The Morgan fingerprint density at radius 3 is 2.70 bits per heavy atom. The monoisotopic (exact) mass is 284 g/mol. The molecule has 2 rings (SSSR count). The van der Waals surface area contributed by atoms with Crippen molar-refractivity contribution in [3.63, 3.8) is 0 Å². The van der Waals surface area contributed by atoms with E-state index in [4.69, 9.17) is 0 Å². The zero-order valence-electron chi connectivity index (χ0n) is 12.2. The van der Waals surface area contributed by atoms with Crippen molar-refractivity contribution in [2.24, 2.45) is 0 Å². The standard InChI is InChI=1S/C15H22F2N2O/c1-10-6-13(9-19-5-4-18-12(3)8-19)14(7-11(10)2)20-15(16)17/h6-7,12,15,18H,4-5,8-9H2,1-3H3/t12-/m1/s1. The Bertz CT molecular complexity index is 465. The molecule has 1 N–H and O–H groups in total. The summed E-state index contributed by atoms with van der Waals surface area (Å²) in [4.78, 5) is 2.27. The molecule has 1 aliphatic heterocycles. The van der Waals surface area contributed by atoms with Gasteiger partial charge in [0.1, 0.15) is 5.75 Å². The van der Waals surface area contributed by atoms with Crippen molar-refractivity contribution in [1.82, 2.24) is 10.2 Å². The second-order valence-electron chi connectivity index (χ2n) is 5.51. The van der Waals surface area contributed by atoms with Crippen molar-refractivity contribution in [3.8, 4) is 5.75 Å². The maximum absolute atomic E-state index is 12.5. The molecule has 1 atom stereocenters. The van der Waals surface area contributed by atoms with Gasteiger partial charge in [-0.3, -0.25) is 4.90 Å². The summed E-state index contributed by atoms with van der Waals surface area (Å²) in [5, 5.41) is 3.37. The Kier molecular flexibility index (Phi) is 4.94. The fourth-order valence-electron chi connectivity index (χ4n) is 2.58. The molecular formula is C15H22F2N2O. The van der Waals surface area contributed by atoms with Crippen LogP contribution in [0.15, 0.2) is 12.1 Å². The van der Waals surface area contributed by atoms with E-state index in [1.165, 1.54) is 0 Å². The number of alkyl halides is 2. The summed E-state index contributed by atoms with van der Waals surface area (Å²) < 4.78 is 29.7. The average molecular weight is 284 g/mol. The molecule has 1 saturated heterocycles. The molecule has 1 aromatic rings. The Morgan fingerprint density at radius 2 is 2.05 bits per heavy atom. The Morgan fingerprint density at radius 1 is 1.35 bits per heavy atom. The van der Waals surface area contributed by atoms with Crippen LogP contribution >= 0.6 is 0 Å². The highest BCUT2D eigenvalue weighted by Gasteiger charge is 2.19. The van der Waals surface area contributed by atoms with Crippen molar-refractivity contribution in [3.05, 3.63) is 28.8 Å². The lowest BCUT2D eigenvalue weighted by Gasteiger charge is -2.32. The third-order valence-corrected chi connectivity index (χ3v) is 3.74. The van der Waals surface area contributed by atoms with Crippen LogP contribution in [0.4, 0.5) is 8.78 Å². The van der Waals surface area contributed by atoms with Gasteiger partial charge >= 0.3 is 6.61 Å². The summed E-state index contributed by atoms with van der Waals surface area (Å²) in [7, 11) is 0. The van der Waals surface area contributed by atoms with E-state index in [-0.39, 0.29) is 0 Å².